The van der Waals surface area contributed by atoms with E-state index in [9.17, 15) is 0 Å². The number of hydrogen-bond acceptors (Lipinski definition) is 2. The molecule has 0 aromatic heterocycles. The number of fused-ring (bicyclic) bond motifs is 1. The Hall–Kier alpha value is -1.18. The second-order valence-corrected chi connectivity index (χ2v) is 4.73. The first-order valence-electron chi connectivity index (χ1n) is 5.96. The quantitative estimate of drug-likeness (QED) is 0.661. The summed E-state index contributed by atoms with van der Waals surface area (Å²) >= 11 is 0. The van der Waals surface area contributed by atoms with Crippen LogP contribution >= 0.6 is 0 Å². The summed E-state index contributed by atoms with van der Waals surface area (Å²) in [7, 11) is 0. The molecule has 0 fully saturated rings. The molecule has 0 saturated heterocycles. The molecule has 1 unspecified atom stereocenters. The predicted octanol–water partition coefficient (Wildman–Crippen LogP) is 4.53. The molecule has 2 rings (SSSR count). The summed E-state index contributed by atoms with van der Waals surface area (Å²) in [5, 5.41) is 0. The minimum Gasteiger partial charge on any atom is -0.486 e. The van der Waals surface area contributed by atoms with E-state index >= 15 is 0 Å². The van der Waals surface area contributed by atoms with Crippen LogP contribution in [0.2, 0.25) is 0 Å². The SMILES string of the molecule is C.CC.CC(C)(C)C1COc2ccccc2O1. The second-order valence-electron chi connectivity index (χ2n) is 4.73. The van der Waals surface area contributed by atoms with Crippen molar-refractivity contribution in [1.29, 1.82) is 0 Å². The van der Waals surface area contributed by atoms with E-state index in [1.165, 1.54) is 0 Å². The smallest absolute Gasteiger partial charge is 0.161 e. The van der Waals surface area contributed by atoms with E-state index in [1.807, 2.05) is 38.1 Å². The second kappa shape index (κ2) is 6.53. The summed E-state index contributed by atoms with van der Waals surface area (Å²) < 4.78 is 11.5. The molecular weight excluding hydrogens is 212 g/mol. The molecule has 2 heteroatoms. The molecule has 1 aliphatic heterocycles. The van der Waals surface area contributed by atoms with E-state index in [0.717, 1.165) is 11.5 Å². The summed E-state index contributed by atoms with van der Waals surface area (Å²) in [6, 6.07) is 7.81. The van der Waals surface area contributed by atoms with Crippen LogP contribution in [0.4, 0.5) is 0 Å². The van der Waals surface area contributed by atoms with E-state index in [4.69, 9.17) is 9.47 Å². The third-order valence-corrected chi connectivity index (χ3v) is 2.47. The highest BCUT2D eigenvalue weighted by Gasteiger charge is 2.31. The van der Waals surface area contributed by atoms with Gasteiger partial charge in [-0.25, -0.2) is 0 Å². The minimum absolute atomic E-state index is 0. The number of para-hydroxylation sites is 2. The van der Waals surface area contributed by atoms with E-state index in [0.29, 0.717) is 6.61 Å². The highest BCUT2D eigenvalue weighted by molar-refractivity contribution is 5.40. The monoisotopic (exact) mass is 238 g/mol. The van der Waals surface area contributed by atoms with Crippen molar-refractivity contribution < 1.29 is 9.47 Å². The first-order valence-corrected chi connectivity index (χ1v) is 5.96. The van der Waals surface area contributed by atoms with Crippen LogP contribution in [-0.2, 0) is 0 Å². The van der Waals surface area contributed by atoms with Crippen molar-refractivity contribution in [2.24, 2.45) is 5.41 Å². The minimum atomic E-state index is 0. The van der Waals surface area contributed by atoms with Gasteiger partial charge in [0.15, 0.2) is 11.5 Å². The van der Waals surface area contributed by atoms with Gasteiger partial charge in [0, 0.05) is 5.41 Å². The Morgan fingerprint density at radius 2 is 1.59 bits per heavy atom. The van der Waals surface area contributed by atoms with Crippen LogP contribution in [0.3, 0.4) is 0 Å². The molecule has 0 bridgehead atoms. The Bertz CT molecular complexity index is 326. The van der Waals surface area contributed by atoms with Crippen molar-refractivity contribution in [3.8, 4) is 11.5 Å². The summed E-state index contributed by atoms with van der Waals surface area (Å²) in [5.41, 5.74) is 0.119. The fourth-order valence-corrected chi connectivity index (χ4v) is 1.45. The lowest BCUT2D eigenvalue weighted by Gasteiger charge is -2.34. The van der Waals surface area contributed by atoms with E-state index < -0.39 is 0 Å². The van der Waals surface area contributed by atoms with Crippen molar-refractivity contribution >= 4 is 0 Å². The average molecular weight is 238 g/mol. The zero-order valence-electron chi connectivity index (χ0n) is 10.9. The fourth-order valence-electron chi connectivity index (χ4n) is 1.45. The third-order valence-electron chi connectivity index (χ3n) is 2.47. The standard InChI is InChI=1S/C12H16O2.C2H6.CH4/c1-12(2,3)11-8-13-9-6-4-5-7-10(9)14-11;1-2;/h4-7,11H,8H2,1-3H3;1-2H3;1H4. The normalized spacial score (nSPS) is 17.4. The van der Waals surface area contributed by atoms with Gasteiger partial charge in [-0.05, 0) is 12.1 Å². The number of benzene rings is 1. The first kappa shape index (κ1) is 15.8. The molecule has 1 aromatic rings. The Labute approximate surface area is 106 Å². The van der Waals surface area contributed by atoms with Crippen LogP contribution in [-0.4, -0.2) is 12.7 Å². The number of rotatable bonds is 0. The van der Waals surface area contributed by atoms with Gasteiger partial charge >= 0.3 is 0 Å². The zero-order valence-corrected chi connectivity index (χ0v) is 10.9. The molecule has 0 radical (unpaired) electrons. The van der Waals surface area contributed by atoms with E-state index in [1.54, 1.807) is 0 Å². The molecule has 0 N–H and O–H groups in total. The molecular formula is C15H26O2. The Morgan fingerprint density at radius 3 is 2.12 bits per heavy atom. The molecule has 1 aliphatic rings. The molecule has 1 atom stereocenters. The van der Waals surface area contributed by atoms with Crippen molar-refractivity contribution in [3.63, 3.8) is 0 Å². The van der Waals surface area contributed by atoms with Gasteiger partial charge in [0.05, 0.1) is 0 Å². The van der Waals surface area contributed by atoms with Gasteiger partial charge in [-0.3, -0.25) is 0 Å². The number of ether oxygens (including phenoxy) is 2. The lowest BCUT2D eigenvalue weighted by atomic mass is 9.89. The van der Waals surface area contributed by atoms with Crippen LogP contribution in [0.5, 0.6) is 11.5 Å². The molecule has 2 nitrogen and oxygen atoms in total. The topological polar surface area (TPSA) is 18.5 Å². The maximum atomic E-state index is 5.87. The van der Waals surface area contributed by atoms with Gasteiger partial charge < -0.3 is 9.47 Å². The fraction of sp³-hybridized carbons (Fsp3) is 0.600. The molecule has 1 aromatic carbocycles. The summed E-state index contributed by atoms with van der Waals surface area (Å²) in [4.78, 5) is 0. The predicted molar refractivity (Wildman–Crippen MR) is 73.9 cm³/mol. The van der Waals surface area contributed by atoms with Gasteiger partial charge in [-0.15, -0.1) is 0 Å². The van der Waals surface area contributed by atoms with Crippen LogP contribution in [0.15, 0.2) is 24.3 Å². The first-order chi connectivity index (χ1) is 7.57. The third kappa shape index (κ3) is 3.95. The average Bonchev–Trinajstić information content (AvgIpc) is 2.30. The lowest BCUT2D eigenvalue weighted by molar-refractivity contribution is 0.0163. The Balaban J connectivity index is 0.000000811. The van der Waals surface area contributed by atoms with Crippen LogP contribution in [0, 0.1) is 5.41 Å². The van der Waals surface area contributed by atoms with Crippen molar-refractivity contribution in [1.82, 2.24) is 0 Å². The maximum absolute atomic E-state index is 5.87. The van der Waals surface area contributed by atoms with Gasteiger partial charge in [0.1, 0.15) is 12.7 Å². The molecule has 0 aliphatic carbocycles. The largest absolute Gasteiger partial charge is 0.486 e. The summed E-state index contributed by atoms with van der Waals surface area (Å²) in [6.07, 6.45) is 0.136. The van der Waals surface area contributed by atoms with Crippen LogP contribution < -0.4 is 9.47 Å². The molecule has 98 valence electrons. The van der Waals surface area contributed by atoms with Crippen molar-refractivity contribution in [2.75, 3.05) is 6.61 Å². The zero-order chi connectivity index (χ0) is 12.2. The van der Waals surface area contributed by atoms with E-state index in [2.05, 4.69) is 20.8 Å². The number of hydrogen-bond donors (Lipinski definition) is 0. The Kier molecular flexibility index (Phi) is 6.08. The summed E-state index contributed by atoms with van der Waals surface area (Å²) in [5.74, 6) is 1.71. The highest BCUT2D eigenvalue weighted by Crippen LogP contribution is 2.35. The van der Waals surface area contributed by atoms with Gasteiger partial charge in [-0.2, -0.15) is 0 Å². The molecule has 17 heavy (non-hydrogen) atoms. The lowest BCUT2D eigenvalue weighted by Crippen LogP contribution is -2.39. The van der Waals surface area contributed by atoms with Crippen LogP contribution in [0.1, 0.15) is 42.0 Å². The van der Waals surface area contributed by atoms with Crippen LogP contribution in [0.25, 0.3) is 0 Å². The van der Waals surface area contributed by atoms with Crippen molar-refractivity contribution in [2.45, 2.75) is 48.1 Å². The molecule has 0 amide bonds. The van der Waals surface area contributed by atoms with Gasteiger partial charge in [-0.1, -0.05) is 54.2 Å². The Morgan fingerprint density at radius 1 is 1.06 bits per heavy atom. The molecule has 0 saturated carbocycles. The van der Waals surface area contributed by atoms with Gasteiger partial charge in [0.2, 0.25) is 0 Å². The van der Waals surface area contributed by atoms with Gasteiger partial charge in [0.25, 0.3) is 0 Å². The van der Waals surface area contributed by atoms with E-state index in [-0.39, 0.29) is 18.9 Å². The maximum Gasteiger partial charge on any atom is 0.161 e. The summed E-state index contributed by atoms with van der Waals surface area (Å²) in [6.45, 7) is 11.1. The molecule has 0 spiro atoms. The van der Waals surface area contributed by atoms with Crippen molar-refractivity contribution in [3.05, 3.63) is 24.3 Å². The highest BCUT2D eigenvalue weighted by atomic mass is 16.6. The molecule has 1 heterocycles.